The van der Waals surface area contributed by atoms with E-state index in [4.69, 9.17) is 0 Å². The van der Waals surface area contributed by atoms with Crippen molar-refractivity contribution in [1.29, 1.82) is 0 Å². The number of hydrogen-bond donors (Lipinski definition) is 0. The number of rotatable bonds is 1. The van der Waals surface area contributed by atoms with Gasteiger partial charge in [0.2, 0.25) is 0 Å². The molecule has 0 aliphatic carbocycles. The average Bonchev–Trinajstić information content (AvgIpc) is 1.90. The summed E-state index contributed by atoms with van der Waals surface area (Å²) < 4.78 is 0. The van der Waals surface area contributed by atoms with E-state index in [-0.39, 0.29) is 0 Å². The van der Waals surface area contributed by atoms with Gasteiger partial charge in [0.15, 0.2) is 0 Å². The molecular weight excluding hydrogens is 100 g/mol. The highest BCUT2D eigenvalue weighted by Crippen LogP contribution is 1.91. The summed E-state index contributed by atoms with van der Waals surface area (Å²) >= 11 is 0. The van der Waals surface area contributed by atoms with E-state index in [0.29, 0.717) is 0 Å². The normalized spacial score (nSPS) is 9.12. The fourth-order valence-corrected chi connectivity index (χ4v) is 0.467. The molecule has 0 unspecified atom stereocenters. The van der Waals surface area contributed by atoms with Gasteiger partial charge < -0.3 is 0 Å². The summed E-state index contributed by atoms with van der Waals surface area (Å²) in [6.07, 6.45) is 3.57. The van der Waals surface area contributed by atoms with Crippen molar-refractivity contribution in [2.24, 2.45) is 0 Å². The van der Waals surface area contributed by atoms with Crippen LogP contribution in [0.5, 0.6) is 0 Å². The molecule has 2 nitrogen and oxygen atoms in total. The molecule has 1 rings (SSSR count). The zero-order valence-electron chi connectivity index (χ0n) is 4.70. The lowest BCUT2D eigenvalue weighted by Crippen LogP contribution is -1.84. The van der Waals surface area contributed by atoms with Crippen LogP contribution in [-0.4, -0.2) is 10.2 Å². The first-order chi connectivity index (χ1) is 3.93. The molecule has 0 N–H and O–H groups in total. The Bertz CT molecular complexity index is 148. The van der Waals surface area contributed by atoms with Gasteiger partial charge in [-0.1, -0.05) is 6.92 Å². The second kappa shape index (κ2) is 2.40. The summed E-state index contributed by atoms with van der Waals surface area (Å²) in [6.45, 7) is 1.93. The van der Waals surface area contributed by atoms with Gasteiger partial charge in [-0.25, -0.2) is 0 Å². The molecule has 0 atom stereocenters. The predicted molar refractivity (Wildman–Crippen MR) is 31.1 cm³/mol. The molecule has 1 aromatic heterocycles. The smallest absolute Gasteiger partial charge is 0.0665 e. The van der Waals surface area contributed by atoms with Gasteiger partial charge in [0.05, 0.1) is 5.69 Å². The largest absolute Gasteiger partial charge is 0.159 e. The molecule has 41 valence electrons. The third-order valence-corrected chi connectivity index (χ3v) is 0.889. The van der Waals surface area contributed by atoms with Crippen LogP contribution in [0.4, 0.5) is 0 Å². The van der Waals surface area contributed by atoms with Gasteiger partial charge in [-0.2, -0.15) is 10.2 Å². The molecule has 2 heteroatoms. The van der Waals surface area contributed by atoms with Crippen LogP contribution in [0.3, 0.4) is 0 Å². The second-order valence-electron chi connectivity index (χ2n) is 1.44. The van der Waals surface area contributed by atoms with Crippen LogP contribution in [0.25, 0.3) is 0 Å². The standard InChI is InChI=1S/C6H7N2/c1-2-6-4-3-5-7-8-6/h2-5H,1H3. The maximum Gasteiger partial charge on any atom is 0.0665 e. The summed E-state index contributed by atoms with van der Waals surface area (Å²) in [6, 6.07) is 3.77. The van der Waals surface area contributed by atoms with Crippen molar-refractivity contribution in [3.63, 3.8) is 0 Å². The van der Waals surface area contributed by atoms with E-state index in [1.165, 1.54) is 0 Å². The molecule has 0 aromatic carbocycles. The van der Waals surface area contributed by atoms with Crippen molar-refractivity contribution in [3.8, 4) is 0 Å². The van der Waals surface area contributed by atoms with Crippen molar-refractivity contribution >= 4 is 0 Å². The zero-order valence-corrected chi connectivity index (χ0v) is 4.70. The van der Waals surface area contributed by atoms with Gasteiger partial charge in [-0.05, 0) is 12.1 Å². The molecule has 0 aliphatic rings. The Balaban J connectivity index is 2.83. The summed E-state index contributed by atoms with van der Waals surface area (Å²) in [5.74, 6) is 0. The fraction of sp³-hybridized carbons (Fsp3) is 0.167. The highest BCUT2D eigenvalue weighted by molar-refractivity contribution is 5.07. The molecule has 0 amide bonds. The third-order valence-electron chi connectivity index (χ3n) is 0.889. The maximum absolute atomic E-state index is 3.79. The Morgan fingerprint density at radius 3 is 2.88 bits per heavy atom. The van der Waals surface area contributed by atoms with Crippen molar-refractivity contribution in [3.05, 3.63) is 30.4 Å². The van der Waals surface area contributed by atoms with Gasteiger partial charge in [-0.3, -0.25) is 0 Å². The molecule has 0 fully saturated rings. The first-order valence-electron chi connectivity index (χ1n) is 2.50. The Hall–Kier alpha value is -0.920. The molecular formula is C6H7N2. The van der Waals surface area contributed by atoms with Crippen molar-refractivity contribution < 1.29 is 0 Å². The molecule has 8 heavy (non-hydrogen) atoms. The Morgan fingerprint density at radius 1 is 1.62 bits per heavy atom. The molecule has 0 saturated carbocycles. The summed E-state index contributed by atoms with van der Waals surface area (Å²) in [4.78, 5) is 0. The number of nitrogens with zero attached hydrogens (tertiary/aromatic N) is 2. The van der Waals surface area contributed by atoms with Crippen LogP contribution in [-0.2, 0) is 0 Å². The van der Waals surface area contributed by atoms with Gasteiger partial charge in [0, 0.05) is 12.6 Å². The SMILES string of the molecule is C[CH]c1cccnn1. The van der Waals surface area contributed by atoms with Crippen molar-refractivity contribution in [2.45, 2.75) is 6.92 Å². The van der Waals surface area contributed by atoms with Crippen LogP contribution in [0.2, 0.25) is 0 Å². The maximum atomic E-state index is 3.79. The minimum Gasteiger partial charge on any atom is -0.159 e. The van der Waals surface area contributed by atoms with Crippen LogP contribution in [0.15, 0.2) is 18.3 Å². The second-order valence-corrected chi connectivity index (χ2v) is 1.44. The van der Waals surface area contributed by atoms with E-state index in [1.807, 2.05) is 25.5 Å². The van der Waals surface area contributed by atoms with E-state index in [1.54, 1.807) is 6.20 Å². The molecule has 0 saturated heterocycles. The van der Waals surface area contributed by atoms with Crippen molar-refractivity contribution in [2.75, 3.05) is 0 Å². The van der Waals surface area contributed by atoms with E-state index < -0.39 is 0 Å². The number of aromatic nitrogens is 2. The zero-order chi connectivity index (χ0) is 5.82. The van der Waals surface area contributed by atoms with E-state index >= 15 is 0 Å². The molecule has 1 heterocycles. The monoisotopic (exact) mass is 107 g/mol. The van der Waals surface area contributed by atoms with E-state index in [2.05, 4.69) is 10.2 Å². The third kappa shape index (κ3) is 1.03. The Morgan fingerprint density at radius 2 is 2.50 bits per heavy atom. The van der Waals surface area contributed by atoms with Gasteiger partial charge in [0.1, 0.15) is 0 Å². The first-order valence-corrected chi connectivity index (χ1v) is 2.50. The number of hydrogen-bond acceptors (Lipinski definition) is 2. The lowest BCUT2D eigenvalue weighted by Gasteiger charge is -1.86. The lowest BCUT2D eigenvalue weighted by atomic mass is 10.3. The van der Waals surface area contributed by atoms with Crippen LogP contribution < -0.4 is 0 Å². The van der Waals surface area contributed by atoms with Gasteiger partial charge >= 0.3 is 0 Å². The highest BCUT2D eigenvalue weighted by Gasteiger charge is 1.83. The van der Waals surface area contributed by atoms with Gasteiger partial charge in [-0.15, -0.1) is 0 Å². The van der Waals surface area contributed by atoms with E-state index in [9.17, 15) is 0 Å². The molecule has 1 radical (unpaired) electrons. The molecule has 0 spiro atoms. The highest BCUT2D eigenvalue weighted by atomic mass is 15.1. The minimum atomic E-state index is 0.924. The van der Waals surface area contributed by atoms with Crippen LogP contribution in [0, 0.1) is 6.42 Å². The first kappa shape index (κ1) is 5.22. The Kier molecular flexibility index (Phi) is 1.57. The Labute approximate surface area is 48.6 Å². The average molecular weight is 107 g/mol. The van der Waals surface area contributed by atoms with E-state index in [0.717, 1.165) is 5.69 Å². The molecule has 0 aliphatic heterocycles. The summed E-state index contributed by atoms with van der Waals surface area (Å²) in [7, 11) is 0. The molecule has 0 bridgehead atoms. The minimum absolute atomic E-state index is 0.924. The van der Waals surface area contributed by atoms with Gasteiger partial charge in [0.25, 0.3) is 0 Å². The summed E-state index contributed by atoms with van der Waals surface area (Å²) in [5.41, 5.74) is 0.924. The quantitative estimate of drug-likeness (QED) is 0.536. The molecule has 1 aromatic rings. The van der Waals surface area contributed by atoms with Crippen LogP contribution >= 0.6 is 0 Å². The predicted octanol–water partition coefficient (Wildman–Crippen LogP) is 1.05. The fourth-order valence-electron chi connectivity index (χ4n) is 0.467. The topological polar surface area (TPSA) is 25.8 Å². The van der Waals surface area contributed by atoms with Crippen LogP contribution in [0.1, 0.15) is 12.6 Å². The lowest BCUT2D eigenvalue weighted by molar-refractivity contribution is 0.986. The van der Waals surface area contributed by atoms with Crippen molar-refractivity contribution in [1.82, 2.24) is 10.2 Å². The summed E-state index contributed by atoms with van der Waals surface area (Å²) in [5, 5.41) is 7.47.